The van der Waals surface area contributed by atoms with E-state index in [-0.39, 0.29) is 5.56 Å². The van der Waals surface area contributed by atoms with Crippen molar-refractivity contribution < 1.29 is 14.6 Å². The van der Waals surface area contributed by atoms with Crippen LogP contribution in [0.15, 0.2) is 12.3 Å². The van der Waals surface area contributed by atoms with Gasteiger partial charge in [-0.2, -0.15) is 5.10 Å². The van der Waals surface area contributed by atoms with Crippen molar-refractivity contribution in [3.63, 3.8) is 0 Å². The second-order valence-electron chi connectivity index (χ2n) is 3.35. The first kappa shape index (κ1) is 13.4. The summed E-state index contributed by atoms with van der Waals surface area (Å²) in [6, 6.07) is 1.45. The van der Waals surface area contributed by atoms with Gasteiger partial charge >= 0.3 is 5.97 Å². The van der Waals surface area contributed by atoms with Crippen molar-refractivity contribution in [2.75, 3.05) is 31.2 Å². The zero-order valence-electron chi connectivity index (χ0n) is 10.1. The van der Waals surface area contributed by atoms with E-state index in [0.29, 0.717) is 32.1 Å². The number of aromatic nitrogens is 2. The van der Waals surface area contributed by atoms with Crippen LogP contribution in [0.1, 0.15) is 24.2 Å². The number of carboxylic acid groups (broad SMARTS) is 1. The molecule has 0 aromatic carbocycles. The molecule has 0 fully saturated rings. The van der Waals surface area contributed by atoms with Gasteiger partial charge in [0.15, 0.2) is 5.82 Å². The highest BCUT2D eigenvalue weighted by atomic mass is 16.5. The lowest BCUT2D eigenvalue weighted by molar-refractivity contribution is 0.0696. The quantitative estimate of drug-likeness (QED) is 0.716. The zero-order valence-corrected chi connectivity index (χ0v) is 10.1. The smallest absolute Gasteiger partial charge is 0.339 e. The summed E-state index contributed by atoms with van der Waals surface area (Å²) in [5.74, 6) is -0.605. The van der Waals surface area contributed by atoms with Gasteiger partial charge in [0.1, 0.15) is 5.56 Å². The van der Waals surface area contributed by atoms with E-state index in [0.717, 1.165) is 0 Å². The van der Waals surface area contributed by atoms with Crippen LogP contribution in [0.2, 0.25) is 0 Å². The maximum atomic E-state index is 11.0. The third-order valence-corrected chi connectivity index (χ3v) is 2.32. The molecule has 0 aliphatic heterocycles. The Bertz CT molecular complexity index is 371. The maximum Gasteiger partial charge on any atom is 0.339 e. The van der Waals surface area contributed by atoms with Gasteiger partial charge in [-0.1, -0.05) is 0 Å². The van der Waals surface area contributed by atoms with E-state index in [9.17, 15) is 4.79 Å². The second kappa shape index (κ2) is 6.80. The van der Waals surface area contributed by atoms with Crippen LogP contribution in [-0.4, -0.2) is 47.6 Å². The van der Waals surface area contributed by atoms with Gasteiger partial charge < -0.3 is 14.7 Å². The number of carboxylic acids is 1. The number of likely N-dealkylation sites (N-methyl/N-ethyl adjacent to an activating group) is 1. The van der Waals surface area contributed by atoms with Crippen molar-refractivity contribution >= 4 is 11.8 Å². The number of hydrogen-bond donors (Lipinski definition) is 1. The Morgan fingerprint density at radius 2 is 2.29 bits per heavy atom. The Labute approximate surface area is 100 Å². The highest BCUT2D eigenvalue weighted by Crippen LogP contribution is 2.15. The van der Waals surface area contributed by atoms with Crippen LogP contribution in [-0.2, 0) is 4.74 Å². The molecule has 0 saturated carbocycles. The molecule has 0 radical (unpaired) electrons. The molecule has 0 aliphatic rings. The lowest BCUT2D eigenvalue weighted by Gasteiger charge is -2.22. The molecule has 0 unspecified atom stereocenters. The first-order valence-electron chi connectivity index (χ1n) is 5.58. The molecule has 6 nitrogen and oxygen atoms in total. The topological polar surface area (TPSA) is 75.5 Å². The number of carbonyl (C=O) groups is 1. The van der Waals surface area contributed by atoms with Gasteiger partial charge in [-0.25, -0.2) is 4.79 Å². The van der Waals surface area contributed by atoms with Crippen LogP contribution in [0.3, 0.4) is 0 Å². The van der Waals surface area contributed by atoms with Gasteiger partial charge in [-0.05, 0) is 19.9 Å². The van der Waals surface area contributed by atoms with E-state index < -0.39 is 5.97 Å². The fraction of sp³-hybridized carbons (Fsp3) is 0.545. The predicted octanol–water partition coefficient (Wildman–Crippen LogP) is 1.04. The van der Waals surface area contributed by atoms with Crippen LogP contribution in [0.5, 0.6) is 0 Å². The molecule has 17 heavy (non-hydrogen) atoms. The summed E-state index contributed by atoms with van der Waals surface area (Å²) in [5, 5.41) is 16.7. The van der Waals surface area contributed by atoms with Gasteiger partial charge in [0, 0.05) is 19.7 Å². The van der Waals surface area contributed by atoms with Gasteiger partial charge in [0.05, 0.1) is 12.8 Å². The van der Waals surface area contributed by atoms with Gasteiger partial charge in [0.25, 0.3) is 0 Å². The Balaban J connectivity index is 2.83. The van der Waals surface area contributed by atoms with E-state index in [2.05, 4.69) is 10.2 Å². The first-order chi connectivity index (χ1) is 8.20. The molecule has 0 aliphatic carbocycles. The summed E-state index contributed by atoms with van der Waals surface area (Å²) >= 11 is 0. The monoisotopic (exact) mass is 239 g/mol. The molecule has 1 heterocycles. The van der Waals surface area contributed by atoms with Crippen LogP contribution < -0.4 is 4.90 Å². The minimum absolute atomic E-state index is 0.165. The number of aromatic carboxylic acids is 1. The molecule has 1 N–H and O–H groups in total. The molecule has 0 bridgehead atoms. The summed E-state index contributed by atoms with van der Waals surface area (Å²) in [5.41, 5.74) is 0.165. The Morgan fingerprint density at radius 1 is 1.53 bits per heavy atom. The molecule has 1 aromatic heterocycles. The minimum atomic E-state index is -0.996. The minimum Gasteiger partial charge on any atom is -0.478 e. The standard InChI is InChI=1S/C11H17N3O3/c1-3-14(7-8-17-4-2)10-9(11(15)16)5-6-12-13-10/h5-6H,3-4,7-8H2,1-2H3,(H,15,16). The summed E-state index contributed by atoms with van der Waals surface area (Å²) in [6.45, 7) is 6.30. The number of anilines is 1. The summed E-state index contributed by atoms with van der Waals surface area (Å²) < 4.78 is 5.25. The van der Waals surface area contributed by atoms with E-state index in [1.54, 1.807) is 0 Å². The highest BCUT2D eigenvalue weighted by molar-refractivity contribution is 5.93. The SMILES string of the molecule is CCOCCN(CC)c1nnccc1C(=O)O. The average Bonchev–Trinajstić information content (AvgIpc) is 2.35. The first-order valence-corrected chi connectivity index (χ1v) is 5.58. The van der Waals surface area contributed by atoms with Gasteiger partial charge in [-0.15, -0.1) is 5.10 Å². The van der Waals surface area contributed by atoms with Crippen molar-refractivity contribution in [1.29, 1.82) is 0 Å². The number of rotatable bonds is 7. The third-order valence-electron chi connectivity index (χ3n) is 2.32. The van der Waals surface area contributed by atoms with E-state index in [4.69, 9.17) is 9.84 Å². The maximum absolute atomic E-state index is 11.0. The molecule has 0 saturated heterocycles. The molecular formula is C11H17N3O3. The fourth-order valence-electron chi connectivity index (χ4n) is 1.46. The summed E-state index contributed by atoms with van der Waals surface area (Å²) in [7, 11) is 0. The van der Waals surface area contributed by atoms with Crippen LogP contribution >= 0.6 is 0 Å². The summed E-state index contributed by atoms with van der Waals surface area (Å²) in [4.78, 5) is 12.9. The van der Waals surface area contributed by atoms with Gasteiger partial charge in [0.2, 0.25) is 0 Å². The van der Waals surface area contributed by atoms with E-state index in [1.165, 1.54) is 12.3 Å². The normalized spacial score (nSPS) is 10.2. The Kier molecular flexibility index (Phi) is 5.35. The molecule has 1 rings (SSSR count). The number of ether oxygens (including phenoxy) is 1. The predicted molar refractivity (Wildman–Crippen MR) is 63.4 cm³/mol. The van der Waals surface area contributed by atoms with Crippen LogP contribution in [0, 0.1) is 0 Å². The molecule has 94 valence electrons. The van der Waals surface area contributed by atoms with E-state index >= 15 is 0 Å². The van der Waals surface area contributed by atoms with Crippen LogP contribution in [0.25, 0.3) is 0 Å². The lowest BCUT2D eigenvalue weighted by atomic mass is 10.2. The zero-order chi connectivity index (χ0) is 12.7. The highest BCUT2D eigenvalue weighted by Gasteiger charge is 2.16. The summed E-state index contributed by atoms with van der Waals surface area (Å²) in [6.07, 6.45) is 1.38. The van der Waals surface area contributed by atoms with E-state index in [1.807, 2.05) is 18.7 Å². The van der Waals surface area contributed by atoms with Crippen molar-refractivity contribution in [3.05, 3.63) is 17.8 Å². The Morgan fingerprint density at radius 3 is 2.88 bits per heavy atom. The number of nitrogens with zero attached hydrogens (tertiary/aromatic N) is 3. The molecule has 0 spiro atoms. The Hall–Kier alpha value is -1.69. The van der Waals surface area contributed by atoms with Crippen molar-refractivity contribution in [2.45, 2.75) is 13.8 Å². The van der Waals surface area contributed by atoms with Crippen molar-refractivity contribution in [2.24, 2.45) is 0 Å². The molecular weight excluding hydrogens is 222 g/mol. The van der Waals surface area contributed by atoms with Crippen LogP contribution in [0.4, 0.5) is 5.82 Å². The second-order valence-corrected chi connectivity index (χ2v) is 3.35. The van der Waals surface area contributed by atoms with Gasteiger partial charge in [-0.3, -0.25) is 0 Å². The lowest BCUT2D eigenvalue weighted by Crippen LogP contribution is -2.30. The third kappa shape index (κ3) is 3.67. The fourth-order valence-corrected chi connectivity index (χ4v) is 1.46. The molecule has 0 amide bonds. The molecule has 1 aromatic rings. The molecule has 6 heteroatoms. The largest absolute Gasteiger partial charge is 0.478 e. The average molecular weight is 239 g/mol. The van der Waals surface area contributed by atoms with Crippen molar-refractivity contribution in [1.82, 2.24) is 10.2 Å². The number of hydrogen-bond acceptors (Lipinski definition) is 5. The van der Waals surface area contributed by atoms with Crippen molar-refractivity contribution in [3.8, 4) is 0 Å². The molecule has 0 atom stereocenters.